The van der Waals surface area contributed by atoms with Gasteiger partial charge in [0.1, 0.15) is 0 Å². The SMILES string of the molecule is COc1c(F)cccc1Nc1c2[nH]c3c1C(=O)NC(C3)[I-]C(=O)[I-]Nc1cnccc1-2. The third kappa shape index (κ3) is 3.73. The number of nitrogens with one attached hydrogen (secondary N) is 4. The number of para-hydroxylation sites is 1. The Bertz CT molecular complexity index is 1220. The molecular formula is C20H16FI2N5O3-2. The quantitative estimate of drug-likeness (QED) is 0.0807. The van der Waals surface area contributed by atoms with Gasteiger partial charge in [-0.2, -0.15) is 0 Å². The second-order valence-corrected chi connectivity index (χ2v) is 14.0. The van der Waals surface area contributed by atoms with E-state index in [1.54, 1.807) is 24.5 Å². The number of aromatic amines is 1. The summed E-state index contributed by atoms with van der Waals surface area (Å²) in [6.07, 6.45) is 3.89. The molecule has 1 aromatic carbocycles. The minimum absolute atomic E-state index is 0.0639. The van der Waals surface area contributed by atoms with Gasteiger partial charge in [-0.25, -0.2) is 0 Å². The summed E-state index contributed by atoms with van der Waals surface area (Å²) in [5.41, 5.74) is 4.34. The van der Waals surface area contributed by atoms with Gasteiger partial charge in [0.25, 0.3) is 0 Å². The zero-order valence-electron chi connectivity index (χ0n) is 16.1. The van der Waals surface area contributed by atoms with Crippen LogP contribution in [0, 0.1) is 5.82 Å². The number of ether oxygens (including phenoxy) is 1. The Morgan fingerprint density at radius 2 is 2.16 bits per heavy atom. The molecule has 3 bridgehead atoms. The van der Waals surface area contributed by atoms with E-state index in [2.05, 4.69) is 24.1 Å². The number of amides is 1. The Morgan fingerprint density at radius 3 is 3.00 bits per heavy atom. The normalized spacial score (nSPS) is 17.8. The zero-order valence-corrected chi connectivity index (χ0v) is 20.4. The van der Waals surface area contributed by atoms with E-state index < -0.39 is 48.5 Å². The summed E-state index contributed by atoms with van der Waals surface area (Å²) in [5.74, 6) is -0.688. The number of rotatable bonds is 3. The van der Waals surface area contributed by atoms with E-state index in [1.807, 2.05) is 6.07 Å². The maximum atomic E-state index is 14.3. The van der Waals surface area contributed by atoms with E-state index in [0.29, 0.717) is 29.1 Å². The van der Waals surface area contributed by atoms with E-state index in [0.717, 1.165) is 16.9 Å². The van der Waals surface area contributed by atoms with E-state index in [-0.39, 0.29) is 17.5 Å². The average molecular weight is 647 g/mol. The molecule has 3 aromatic rings. The fraction of sp³-hybridized carbons (Fsp3) is 0.150. The van der Waals surface area contributed by atoms with Crippen molar-refractivity contribution < 1.29 is 61.4 Å². The molecule has 31 heavy (non-hydrogen) atoms. The summed E-state index contributed by atoms with van der Waals surface area (Å²) in [6.45, 7) is 0. The van der Waals surface area contributed by atoms with Crippen LogP contribution in [0.1, 0.15) is 16.1 Å². The number of aromatic nitrogens is 2. The van der Waals surface area contributed by atoms with Crippen LogP contribution in [0.4, 0.5) is 26.2 Å². The number of hydrogen-bond acceptors (Lipinski definition) is 6. The van der Waals surface area contributed by atoms with E-state index in [9.17, 15) is 14.0 Å². The molecule has 4 N–H and O–H groups in total. The van der Waals surface area contributed by atoms with Gasteiger partial charge >= 0.3 is 199 Å². The number of halogens is 3. The van der Waals surface area contributed by atoms with Gasteiger partial charge in [0.2, 0.25) is 0 Å². The van der Waals surface area contributed by atoms with Crippen LogP contribution in [-0.4, -0.2) is 28.8 Å². The summed E-state index contributed by atoms with van der Waals surface area (Å²) >= 11 is -1.79. The van der Waals surface area contributed by atoms with Gasteiger partial charge in [0.05, 0.1) is 0 Å². The molecular weight excluding hydrogens is 631 g/mol. The van der Waals surface area contributed by atoms with Gasteiger partial charge in [-0.3, -0.25) is 0 Å². The molecule has 0 saturated carbocycles. The molecule has 11 heteroatoms. The number of anilines is 3. The fourth-order valence-electron chi connectivity index (χ4n) is 3.64. The van der Waals surface area contributed by atoms with Gasteiger partial charge in [0, 0.05) is 0 Å². The molecule has 4 heterocycles. The third-order valence-electron chi connectivity index (χ3n) is 4.94. The van der Waals surface area contributed by atoms with E-state index >= 15 is 0 Å². The van der Waals surface area contributed by atoms with Crippen molar-refractivity contribution in [1.82, 2.24) is 15.3 Å². The number of alkyl halides is 1. The molecule has 0 fully saturated rings. The van der Waals surface area contributed by atoms with Crippen molar-refractivity contribution in [2.75, 3.05) is 16.0 Å². The number of nitrogens with zero attached hydrogens (tertiary/aromatic N) is 1. The van der Waals surface area contributed by atoms with Crippen LogP contribution in [0.5, 0.6) is 5.75 Å². The number of fused-ring (bicyclic) bond motifs is 4. The van der Waals surface area contributed by atoms with Crippen molar-refractivity contribution in [3.63, 3.8) is 0 Å². The molecule has 2 aliphatic heterocycles. The number of hydrogen-bond donors (Lipinski definition) is 4. The standard InChI is InChI=1S/C20H16FI2N5O3/c1-31-18-10(21)3-2-4-11(18)25-17-15-12-7-14(27-19(15)29)22-20(30)23-28-13-8-24-6-5-9(13)16(17)26-12/h2-6,8,14,25-26,28H,7H2,1H3,(H,27,29)/q-2. The van der Waals surface area contributed by atoms with Crippen LogP contribution in [0.2, 0.25) is 0 Å². The van der Waals surface area contributed by atoms with Crippen LogP contribution >= 0.6 is 0 Å². The average Bonchev–Trinajstić information content (AvgIpc) is 3.10. The van der Waals surface area contributed by atoms with Crippen LogP contribution in [0.15, 0.2) is 36.7 Å². The summed E-state index contributed by atoms with van der Waals surface area (Å²) in [4.78, 5) is 33.1. The second kappa shape index (κ2) is 8.26. The first kappa shape index (κ1) is 20.5. The van der Waals surface area contributed by atoms with Crippen molar-refractivity contribution in [3.05, 3.63) is 53.7 Å². The molecule has 1 atom stereocenters. The first-order chi connectivity index (χ1) is 15.0. The Morgan fingerprint density at radius 1 is 1.29 bits per heavy atom. The third-order valence-corrected chi connectivity index (χ3v) is 11.2. The number of H-pyrrole nitrogens is 1. The molecule has 0 saturated heterocycles. The topological polar surface area (TPSA) is 108 Å². The second-order valence-electron chi connectivity index (χ2n) is 6.76. The number of pyridine rings is 1. The molecule has 162 valence electrons. The Labute approximate surface area is 197 Å². The summed E-state index contributed by atoms with van der Waals surface area (Å²) in [5, 5.41) is 6.22. The van der Waals surface area contributed by atoms with Crippen molar-refractivity contribution in [2.45, 2.75) is 10.5 Å². The van der Waals surface area contributed by atoms with Gasteiger partial charge in [0.15, 0.2) is 0 Å². The van der Waals surface area contributed by atoms with Crippen molar-refractivity contribution in [2.24, 2.45) is 0 Å². The van der Waals surface area contributed by atoms with Crippen LogP contribution in [0.25, 0.3) is 11.3 Å². The molecule has 2 aromatic heterocycles. The van der Waals surface area contributed by atoms with Crippen LogP contribution in [-0.2, 0) is 6.42 Å². The minimum atomic E-state index is -0.928. The monoisotopic (exact) mass is 647 g/mol. The molecule has 1 amide bonds. The number of carbonyl (C=O) groups excluding carboxylic acids is 2. The molecule has 0 aliphatic carbocycles. The maximum absolute atomic E-state index is 14.3. The molecule has 0 radical (unpaired) electrons. The predicted molar refractivity (Wildman–Crippen MR) is 104 cm³/mol. The van der Waals surface area contributed by atoms with Crippen molar-refractivity contribution >= 4 is 24.8 Å². The molecule has 0 spiro atoms. The van der Waals surface area contributed by atoms with Crippen LogP contribution in [0.3, 0.4) is 0 Å². The summed E-state index contributed by atoms with van der Waals surface area (Å²) in [7, 11) is 1.40. The summed E-state index contributed by atoms with van der Waals surface area (Å²) < 4.78 is 22.9. The van der Waals surface area contributed by atoms with Crippen molar-refractivity contribution in [1.29, 1.82) is 0 Å². The van der Waals surface area contributed by atoms with Gasteiger partial charge in [-0.1, -0.05) is 0 Å². The van der Waals surface area contributed by atoms with Gasteiger partial charge < -0.3 is 0 Å². The first-order valence-electron chi connectivity index (χ1n) is 9.22. The number of carbonyl (C=O) groups is 2. The summed E-state index contributed by atoms with van der Waals surface area (Å²) in [6, 6.07) is 6.41. The predicted octanol–water partition coefficient (Wildman–Crippen LogP) is -2.78. The zero-order chi connectivity index (χ0) is 21.5. The molecule has 2 aliphatic rings. The Hall–Kier alpha value is -2.42. The van der Waals surface area contributed by atoms with Gasteiger partial charge in [-0.15, -0.1) is 0 Å². The first-order valence-corrected chi connectivity index (χ1v) is 13.7. The molecule has 8 nitrogen and oxygen atoms in total. The molecule has 1 unspecified atom stereocenters. The Balaban J connectivity index is 1.72. The van der Waals surface area contributed by atoms with Crippen LogP contribution < -0.4 is 61.6 Å². The van der Waals surface area contributed by atoms with E-state index in [4.69, 9.17) is 4.74 Å². The number of methoxy groups -OCH3 is 1. The van der Waals surface area contributed by atoms with E-state index in [1.165, 1.54) is 13.2 Å². The molecule has 5 rings (SSSR count). The van der Waals surface area contributed by atoms with Crippen molar-refractivity contribution in [3.8, 4) is 17.0 Å². The number of benzene rings is 1. The fourth-order valence-corrected chi connectivity index (χ4v) is 9.76. The van der Waals surface area contributed by atoms with Gasteiger partial charge in [-0.05, 0) is 0 Å². The Kier molecular flexibility index (Phi) is 5.45.